The summed E-state index contributed by atoms with van der Waals surface area (Å²) in [6, 6.07) is 13.3. The average Bonchev–Trinajstić information content (AvgIpc) is 2.92. The highest BCUT2D eigenvalue weighted by molar-refractivity contribution is 6.10. The first kappa shape index (κ1) is 17.8. The second kappa shape index (κ2) is 6.88. The minimum Gasteiger partial charge on any atom is -0.486 e. The number of carbonyl (C=O) groups excluding carboxylic acids is 3. The molecular formula is C20H19N3O5. The molecule has 1 saturated heterocycles. The van der Waals surface area contributed by atoms with E-state index in [-0.39, 0.29) is 6.54 Å². The Morgan fingerprint density at radius 3 is 2.57 bits per heavy atom. The molecule has 0 bridgehead atoms. The molecule has 2 aromatic rings. The maximum absolute atomic E-state index is 12.8. The van der Waals surface area contributed by atoms with Crippen LogP contribution in [0.5, 0.6) is 11.5 Å². The van der Waals surface area contributed by atoms with E-state index >= 15 is 0 Å². The predicted octanol–water partition coefficient (Wildman–Crippen LogP) is 1.86. The van der Waals surface area contributed by atoms with Crippen molar-refractivity contribution in [1.82, 2.24) is 10.2 Å². The van der Waals surface area contributed by atoms with Gasteiger partial charge < -0.3 is 20.1 Å². The van der Waals surface area contributed by atoms with Crippen molar-refractivity contribution in [1.29, 1.82) is 0 Å². The van der Waals surface area contributed by atoms with E-state index < -0.39 is 23.4 Å². The van der Waals surface area contributed by atoms with E-state index in [0.29, 0.717) is 36.0 Å². The van der Waals surface area contributed by atoms with Crippen molar-refractivity contribution in [3.63, 3.8) is 0 Å². The Hall–Kier alpha value is -3.55. The Balaban J connectivity index is 1.46. The van der Waals surface area contributed by atoms with Gasteiger partial charge in [-0.1, -0.05) is 30.3 Å². The fraction of sp³-hybridized carbons (Fsp3) is 0.250. The lowest BCUT2D eigenvalue weighted by atomic mass is 9.92. The van der Waals surface area contributed by atoms with Crippen LogP contribution in [-0.4, -0.2) is 42.5 Å². The van der Waals surface area contributed by atoms with Crippen molar-refractivity contribution in [3.05, 3.63) is 54.1 Å². The van der Waals surface area contributed by atoms with Crippen molar-refractivity contribution in [2.24, 2.45) is 0 Å². The molecule has 0 radical (unpaired) electrons. The summed E-state index contributed by atoms with van der Waals surface area (Å²) in [6.07, 6.45) is 0. The molecule has 2 heterocycles. The number of nitrogens with one attached hydrogen (secondary N) is 2. The molecule has 2 aliphatic rings. The molecule has 0 spiro atoms. The number of ether oxygens (including phenoxy) is 2. The lowest BCUT2D eigenvalue weighted by molar-refractivity contribution is -0.133. The molecule has 144 valence electrons. The number of fused-ring (bicyclic) bond motifs is 1. The average molecular weight is 381 g/mol. The molecule has 2 aromatic carbocycles. The van der Waals surface area contributed by atoms with Crippen LogP contribution in [0, 0.1) is 0 Å². The molecule has 0 aromatic heterocycles. The van der Waals surface area contributed by atoms with Gasteiger partial charge in [-0.3, -0.25) is 14.5 Å². The van der Waals surface area contributed by atoms with Crippen molar-refractivity contribution in [2.75, 3.05) is 25.1 Å². The van der Waals surface area contributed by atoms with Gasteiger partial charge in [-0.05, 0) is 24.6 Å². The fourth-order valence-electron chi connectivity index (χ4n) is 3.27. The molecule has 8 heteroatoms. The summed E-state index contributed by atoms with van der Waals surface area (Å²) < 4.78 is 10.9. The van der Waals surface area contributed by atoms with Crippen LogP contribution in [0.25, 0.3) is 0 Å². The fourth-order valence-corrected chi connectivity index (χ4v) is 3.27. The Kier molecular flexibility index (Phi) is 4.38. The minimum absolute atomic E-state index is 0.387. The number of urea groups is 1. The van der Waals surface area contributed by atoms with Crippen molar-refractivity contribution in [2.45, 2.75) is 12.5 Å². The Morgan fingerprint density at radius 2 is 1.82 bits per heavy atom. The molecule has 8 nitrogen and oxygen atoms in total. The topological polar surface area (TPSA) is 97.0 Å². The lowest BCUT2D eigenvalue weighted by Crippen LogP contribution is -2.42. The third kappa shape index (κ3) is 3.13. The molecule has 2 aliphatic heterocycles. The van der Waals surface area contributed by atoms with Gasteiger partial charge in [0.1, 0.15) is 25.3 Å². The summed E-state index contributed by atoms with van der Waals surface area (Å²) in [5.74, 6) is 0.186. The van der Waals surface area contributed by atoms with Crippen LogP contribution in [0.3, 0.4) is 0 Å². The monoisotopic (exact) mass is 381 g/mol. The zero-order valence-electron chi connectivity index (χ0n) is 15.2. The molecule has 28 heavy (non-hydrogen) atoms. The molecule has 4 rings (SSSR count). The molecule has 0 unspecified atom stereocenters. The first-order chi connectivity index (χ1) is 13.5. The number of amides is 4. The number of hydrogen-bond donors (Lipinski definition) is 2. The van der Waals surface area contributed by atoms with E-state index in [1.807, 2.05) is 6.07 Å². The van der Waals surface area contributed by atoms with Crippen LogP contribution in [0.15, 0.2) is 48.5 Å². The number of imide groups is 1. The zero-order chi connectivity index (χ0) is 19.7. The number of rotatable bonds is 4. The number of hydrogen-bond acceptors (Lipinski definition) is 5. The van der Waals surface area contributed by atoms with Crippen LogP contribution in [-0.2, 0) is 15.1 Å². The first-order valence-electron chi connectivity index (χ1n) is 8.86. The zero-order valence-corrected chi connectivity index (χ0v) is 15.2. The number of benzene rings is 2. The Morgan fingerprint density at radius 1 is 1.11 bits per heavy atom. The van der Waals surface area contributed by atoms with Crippen LogP contribution < -0.4 is 20.1 Å². The van der Waals surface area contributed by atoms with Gasteiger partial charge in [0.05, 0.1) is 0 Å². The Labute approximate surface area is 161 Å². The van der Waals surface area contributed by atoms with Gasteiger partial charge in [-0.25, -0.2) is 4.79 Å². The highest BCUT2D eigenvalue weighted by atomic mass is 16.6. The summed E-state index contributed by atoms with van der Waals surface area (Å²) in [6.45, 7) is 2.15. The standard InChI is InChI=1S/C20H19N3O5/c1-20(13-5-3-2-4-6-13)18(25)23(19(26)22-20)12-17(24)21-14-7-8-15-16(11-14)28-10-9-27-15/h2-8,11H,9-10,12H2,1H3,(H,21,24)(H,22,26)/t20-/m1/s1. The number of nitrogens with zero attached hydrogens (tertiary/aromatic N) is 1. The normalized spacial score (nSPS) is 20.7. The molecular weight excluding hydrogens is 362 g/mol. The van der Waals surface area contributed by atoms with Gasteiger partial charge in [0, 0.05) is 11.8 Å². The summed E-state index contributed by atoms with van der Waals surface area (Å²) in [4.78, 5) is 38.5. The van der Waals surface area contributed by atoms with Gasteiger partial charge in [0.25, 0.3) is 5.91 Å². The molecule has 1 fully saturated rings. The first-order valence-corrected chi connectivity index (χ1v) is 8.86. The van der Waals surface area contributed by atoms with Gasteiger partial charge in [0.2, 0.25) is 5.91 Å². The highest BCUT2D eigenvalue weighted by Gasteiger charge is 2.49. The molecule has 4 amide bonds. The van der Waals surface area contributed by atoms with E-state index in [1.54, 1.807) is 49.4 Å². The van der Waals surface area contributed by atoms with E-state index in [2.05, 4.69) is 10.6 Å². The summed E-state index contributed by atoms with van der Waals surface area (Å²) in [7, 11) is 0. The van der Waals surface area contributed by atoms with Crippen LogP contribution in [0.1, 0.15) is 12.5 Å². The smallest absolute Gasteiger partial charge is 0.325 e. The van der Waals surface area contributed by atoms with Gasteiger partial charge in [0.15, 0.2) is 11.5 Å². The van der Waals surface area contributed by atoms with Crippen LogP contribution in [0.2, 0.25) is 0 Å². The second-order valence-corrected chi connectivity index (χ2v) is 6.72. The summed E-state index contributed by atoms with van der Waals surface area (Å²) in [5, 5.41) is 5.36. The lowest BCUT2D eigenvalue weighted by Gasteiger charge is -2.22. The number of carbonyl (C=O) groups is 3. The van der Waals surface area contributed by atoms with Crippen molar-refractivity contribution in [3.8, 4) is 11.5 Å². The third-order valence-electron chi connectivity index (χ3n) is 4.75. The molecule has 1 atom stereocenters. The highest BCUT2D eigenvalue weighted by Crippen LogP contribution is 2.33. The van der Waals surface area contributed by atoms with E-state index in [0.717, 1.165) is 4.90 Å². The quantitative estimate of drug-likeness (QED) is 0.788. The van der Waals surface area contributed by atoms with Crippen molar-refractivity contribution >= 4 is 23.5 Å². The number of anilines is 1. The minimum atomic E-state index is -1.20. The summed E-state index contributed by atoms with van der Waals surface area (Å²) >= 11 is 0. The SMILES string of the molecule is C[C@]1(c2ccccc2)NC(=O)N(CC(=O)Nc2ccc3c(c2)OCCO3)C1=O. The van der Waals surface area contributed by atoms with E-state index in [1.165, 1.54) is 0 Å². The van der Waals surface area contributed by atoms with Gasteiger partial charge >= 0.3 is 6.03 Å². The van der Waals surface area contributed by atoms with Crippen LogP contribution in [0.4, 0.5) is 10.5 Å². The summed E-state index contributed by atoms with van der Waals surface area (Å²) in [5.41, 5.74) is -0.0504. The van der Waals surface area contributed by atoms with E-state index in [9.17, 15) is 14.4 Å². The molecule has 2 N–H and O–H groups in total. The predicted molar refractivity (Wildman–Crippen MR) is 100 cm³/mol. The molecule has 0 aliphatic carbocycles. The van der Waals surface area contributed by atoms with Gasteiger partial charge in [-0.2, -0.15) is 0 Å². The van der Waals surface area contributed by atoms with E-state index in [4.69, 9.17) is 9.47 Å². The largest absolute Gasteiger partial charge is 0.486 e. The van der Waals surface area contributed by atoms with Crippen LogP contribution >= 0.6 is 0 Å². The molecule has 0 saturated carbocycles. The van der Waals surface area contributed by atoms with Gasteiger partial charge in [-0.15, -0.1) is 0 Å². The maximum Gasteiger partial charge on any atom is 0.325 e. The van der Waals surface area contributed by atoms with Crippen molar-refractivity contribution < 1.29 is 23.9 Å². The second-order valence-electron chi connectivity index (χ2n) is 6.72. The maximum atomic E-state index is 12.8. The third-order valence-corrected chi connectivity index (χ3v) is 4.75. The Bertz CT molecular complexity index is 946.